The maximum atomic E-state index is 12.2. The maximum Gasteiger partial charge on any atom is 0.252 e. The highest BCUT2D eigenvalue weighted by molar-refractivity contribution is 7.91. The molecule has 9 heteroatoms. The van der Waals surface area contributed by atoms with Crippen LogP contribution in [0, 0.1) is 0 Å². The summed E-state index contributed by atoms with van der Waals surface area (Å²) in [5, 5.41) is 8.73. The maximum absolute atomic E-state index is 12.2. The second kappa shape index (κ2) is 9.18. The third-order valence-electron chi connectivity index (χ3n) is 4.00. The van der Waals surface area contributed by atoms with Crippen LogP contribution in [-0.2, 0) is 22.0 Å². The molecule has 0 spiro atoms. The molecule has 0 radical (unpaired) electrons. The van der Waals surface area contributed by atoms with Gasteiger partial charge in [-0.15, -0.1) is 22.7 Å². The first kappa shape index (κ1) is 21.9. The minimum Gasteiger partial charge on any atom is -0.357 e. The fourth-order valence-corrected chi connectivity index (χ4v) is 5.62. The molecule has 0 saturated heterocycles. The number of rotatable bonds is 8. The highest BCUT2D eigenvalue weighted by Crippen LogP contribution is 2.27. The normalized spacial score (nSPS) is 13.2. The van der Waals surface area contributed by atoms with Gasteiger partial charge in [0.1, 0.15) is 4.21 Å². The minimum absolute atomic E-state index is 0.000247. The van der Waals surface area contributed by atoms with Gasteiger partial charge < -0.3 is 10.6 Å². The first-order valence-corrected chi connectivity index (χ1v) is 11.9. The number of aliphatic imine (C=N–C) groups is 1. The SMILES string of the molecule is CCNC(=NCc1ccc(S(=O)(=O)N(C)C)s1)NCC(C)(C)c1cccs1. The van der Waals surface area contributed by atoms with Gasteiger partial charge >= 0.3 is 0 Å². The lowest BCUT2D eigenvalue weighted by Crippen LogP contribution is -2.43. The van der Waals surface area contributed by atoms with Crippen molar-refractivity contribution < 1.29 is 8.42 Å². The Morgan fingerprint density at radius 3 is 2.56 bits per heavy atom. The molecule has 0 aromatic carbocycles. The molecule has 2 rings (SSSR count). The fraction of sp³-hybridized carbons (Fsp3) is 0.500. The van der Waals surface area contributed by atoms with Crippen molar-refractivity contribution in [2.75, 3.05) is 27.2 Å². The molecule has 0 aliphatic carbocycles. The van der Waals surface area contributed by atoms with Gasteiger partial charge in [-0.25, -0.2) is 17.7 Å². The summed E-state index contributed by atoms with van der Waals surface area (Å²) in [4.78, 5) is 6.84. The van der Waals surface area contributed by atoms with E-state index < -0.39 is 10.0 Å². The third kappa shape index (κ3) is 5.78. The monoisotopic (exact) mass is 428 g/mol. The van der Waals surface area contributed by atoms with E-state index in [1.54, 1.807) is 17.4 Å². The molecular formula is C18H28N4O2S3. The Labute approximate surface area is 170 Å². The molecule has 27 heavy (non-hydrogen) atoms. The van der Waals surface area contributed by atoms with E-state index in [1.165, 1.54) is 34.6 Å². The van der Waals surface area contributed by atoms with Crippen molar-refractivity contribution in [3.63, 3.8) is 0 Å². The van der Waals surface area contributed by atoms with Crippen LogP contribution in [0.4, 0.5) is 0 Å². The van der Waals surface area contributed by atoms with Gasteiger partial charge in [0.05, 0.1) is 6.54 Å². The molecule has 0 saturated carbocycles. The summed E-state index contributed by atoms with van der Waals surface area (Å²) in [5.74, 6) is 0.729. The summed E-state index contributed by atoms with van der Waals surface area (Å²) in [5.41, 5.74) is 0.000247. The molecule has 0 amide bonds. The van der Waals surface area contributed by atoms with E-state index >= 15 is 0 Å². The number of thiophene rings is 2. The molecule has 2 heterocycles. The van der Waals surface area contributed by atoms with Crippen LogP contribution in [0.2, 0.25) is 0 Å². The zero-order valence-corrected chi connectivity index (χ0v) is 18.9. The third-order valence-corrected chi connectivity index (χ3v) is 8.58. The van der Waals surface area contributed by atoms with Gasteiger partial charge in [0.25, 0.3) is 10.0 Å². The second-order valence-electron chi connectivity index (χ2n) is 6.92. The van der Waals surface area contributed by atoms with Crippen LogP contribution in [0.15, 0.2) is 38.8 Å². The highest BCUT2D eigenvalue weighted by Gasteiger charge is 2.22. The van der Waals surface area contributed by atoms with E-state index in [0.717, 1.165) is 23.9 Å². The van der Waals surface area contributed by atoms with Gasteiger partial charge in [0.2, 0.25) is 0 Å². The van der Waals surface area contributed by atoms with Crippen molar-refractivity contribution in [1.82, 2.24) is 14.9 Å². The highest BCUT2D eigenvalue weighted by atomic mass is 32.2. The Hall–Kier alpha value is -1.42. The largest absolute Gasteiger partial charge is 0.357 e. The van der Waals surface area contributed by atoms with Crippen LogP contribution in [-0.4, -0.2) is 45.9 Å². The molecule has 2 N–H and O–H groups in total. The van der Waals surface area contributed by atoms with Gasteiger partial charge in [-0.2, -0.15) is 0 Å². The minimum atomic E-state index is -3.39. The summed E-state index contributed by atoms with van der Waals surface area (Å²) in [6, 6.07) is 7.68. The lowest BCUT2D eigenvalue weighted by atomic mass is 9.91. The van der Waals surface area contributed by atoms with E-state index in [4.69, 9.17) is 0 Å². The standard InChI is InChI=1S/C18H28N4O2S3/c1-6-19-17(21-13-18(2,3)15-8-7-11-25-15)20-12-14-9-10-16(26-14)27(23,24)22(4)5/h7-11H,6,12-13H2,1-5H3,(H2,19,20,21). The molecule has 6 nitrogen and oxygen atoms in total. The van der Waals surface area contributed by atoms with Crippen LogP contribution in [0.3, 0.4) is 0 Å². The molecule has 0 unspecified atom stereocenters. The van der Waals surface area contributed by atoms with Crippen molar-refractivity contribution in [1.29, 1.82) is 0 Å². The average Bonchev–Trinajstić information content (AvgIpc) is 3.29. The number of hydrogen-bond acceptors (Lipinski definition) is 5. The van der Waals surface area contributed by atoms with E-state index in [-0.39, 0.29) is 5.41 Å². The van der Waals surface area contributed by atoms with Gasteiger partial charge in [-0.3, -0.25) is 0 Å². The number of sulfonamides is 1. The number of hydrogen-bond donors (Lipinski definition) is 2. The Bertz CT molecular complexity index is 853. The zero-order valence-electron chi connectivity index (χ0n) is 16.4. The second-order valence-corrected chi connectivity index (χ2v) is 11.4. The molecule has 0 fully saturated rings. The Morgan fingerprint density at radius 1 is 1.22 bits per heavy atom. The van der Waals surface area contributed by atoms with E-state index in [0.29, 0.717) is 10.8 Å². The van der Waals surface area contributed by atoms with Gasteiger partial charge in [-0.1, -0.05) is 19.9 Å². The summed E-state index contributed by atoms with van der Waals surface area (Å²) in [7, 11) is -0.312. The molecule has 150 valence electrons. The molecular weight excluding hydrogens is 400 g/mol. The van der Waals surface area contributed by atoms with Gasteiger partial charge in [-0.05, 0) is 30.5 Å². The zero-order chi connectivity index (χ0) is 20.1. The molecule has 2 aromatic heterocycles. The summed E-state index contributed by atoms with van der Waals surface area (Å²) in [6.45, 7) is 8.37. The topological polar surface area (TPSA) is 73.8 Å². The first-order valence-electron chi connectivity index (χ1n) is 8.74. The van der Waals surface area contributed by atoms with Crippen LogP contribution in [0.5, 0.6) is 0 Å². The number of nitrogens with zero attached hydrogens (tertiary/aromatic N) is 2. The van der Waals surface area contributed by atoms with E-state index in [9.17, 15) is 8.42 Å². The predicted octanol–water partition coefficient (Wildman–Crippen LogP) is 3.09. The molecule has 2 aromatic rings. The van der Waals surface area contributed by atoms with Crippen LogP contribution in [0.25, 0.3) is 0 Å². The summed E-state index contributed by atoms with van der Waals surface area (Å²) < 4.78 is 25.9. The Morgan fingerprint density at radius 2 is 1.96 bits per heavy atom. The van der Waals surface area contributed by atoms with Crippen molar-refractivity contribution in [2.24, 2.45) is 4.99 Å². The van der Waals surface area contributed by atoms with Gasteiger partial charge in [0, 0.05) is 42.4 Å². The summed E-state index contributed by atoms with van der Waals surface area (Å²) in [6.07, 6.45) is 0. The lowest BCUT2D eigenvalue weighted by Gasteiger charge is -2.25. The quantitative estimate of drug-likeness (QED) is 0.501. The number of nitrogens with one attached hydrogen (secondary N) is 2. The Balaban J connectivity index is 2.04. The average molecular weight is 429 g/mol. The molecule has 0 bridgehead atoms. The van der Waals surface area contributed by atoms with Crippen LogP contribution < -0.4 is 10.6 Å². The van der Waals surface area contributed by atoms with Crippen molar-refractivity contribution in [2.45, 2.75) is 36.9 Å². The van der Waals surface area contributed by atoms with Crippen LogP contribution in [0.1, 0.15) is 30.5 Å². The number of guanidine groups is 1. The van der Waals surface area contributed by atoms with Gasteiger partial charge in [0.15, 0.2) is 5.96 Å². The van der Waals surface area contributed by atoms with E-state index in [2.05, 4.69) is 47.0 Å². The predicted molar refractivity (Wildman–Crippen MR) is 115 cm³/mol. The Kier molecular flexibility index (Phi) is 7.44. The molecule has 0 aliphatic heterocycles. The van der Waals surface area contributed by atoms with Crippen molar-refractivity contribution >= 4 is 38.7 Å². The van der Waals surface area contributed by atoms with Crippen molar-refractivity contribution in [3.05, 3.63) is 39.4 Å². The van der Waals surface area contributed by atoms with Crippen molar-refractivity contribution in [3.8, 4) is 0 Å². The molecule has 0 aliphatic rings. The molecule has 0 atom stereocenters. The fourth-order valence-electron chi connectivity index (χ4n) is 2.32. The lowest BCUT2D eigenvalue weighted by molar-refractivity contribution is 0.518. The smallest absolute Gasteiger partial charge is 0.252 e. The van der Waals surface area contributed by atoms with Crippen LogP contribution >= 0.6 is 22.7 Å². The first-order chi connectivity index (χ1) is 12.7. The summed E-state index contributed by atoms with van der Waals surface area (Å²) >= 11 is 3.01. The van der Waals surface area contributed by atoms with E-state index in [1.807, 2.05) is 13.0 Å².